The molecule has 46 heavy (non-hydrogen) atoms. The first-order chi connectivity index (χ1) is 21.9. The van der Waals surface area contributed by atoms with Gasteiger partial charge >= 0.3 is 0 Å². The van der Waals surface area contributed by atoms with Crippen molar-refractivity contribution < 1.29 is 33.9 Å². The molecule has 3 heterocycles. The number of amides is 6. The maximum atomic E-state index is 14.3. The summed E-state index contributed by atoms with van der Waals surface area (Å²) in [5.41, 5.74) is 0.751. The maximum absolute atomic E-state index is 14.3. The van der Waals surface area contributed by atoms with Gasteiger partial charge in [-0.15, -0.1) is 0 Å². The molecular weight excluding hydrogens is 596 g/mol. The van der Waals surface area contributed by atoms with Gasteiger partial charge in [-0.3, -0.25) is 28.8 Å². The fourth-order valence-corrected chi connectivity index (χ4v) is 5.73. The van der Waals surface area contributed by atoms with Crippen LogP contribution in [0.4, 0.5) is 0 Å². The van der Waals surface area contributed by atoms with Gasteiger partial charge in [-0.05, 0) is 24.3 Å². The first-order valence-electron chi connectivity index (χ1n) is 15.3. The summed E-state index contributed by atoms with van der Waals surface area (Å²) in [6, 6.07) is 3.76. The molecule has 1 aromatic heterocycles. The van der Waals surface area contributed by atoms with E-state index >= 15 is 0 Å². The molecule has 1 aromatic carbocycles. The molecule has 5 atom stereocenters. The van der Waals surface area contributed by atoms with Crippen molar-refractivity contribution in [1.82, 2.24) is 40.6 Å². The summed E-state index contributed by atoms with van der Waals surface area (Å²) in [4.78, 5) is 86.9. The van der Waals surface area contributed by atoms with Crippen LogP contribution < -0.4 is 21.3 Å². The monoisotopic (exact) mass is 638 g/mol. The van der Waals surface area contributed by atoms with E-state index in [-0.39, 0.29) is 44.2 Å². The number of imidazole rings is 1. The maximum Gasteiger partial charge on any atom is 0.247 e. The molecule has 2 aliphatic rings. The number of carbonyl (C=O) groups is 6. The van der Waals surface area contributed by atoms with E-state index in [9.17, 15) is 33.9 Å². The smallest absolute Gasteiger partial charge is 0.247 e. The number of hydrogen-bond donors (Lipinski definition) is 5. The zero-order chi connectivity index (χ0) is 33.4. The summed E-state index contributed by atoms with van der Waals surface area (Å²) < 4.78 is 1.58. The van der Waals surface area contributed by atoms with Crippen molar-refractivity contribution >= 4 is 35.4 Å². The summed E-state index contributed by atoms with van der Waals surface area (Å²) in [7, 11) is 1.35. The summed E-state index contributed by atoms with van der Waals surface area (Å²) >= 11 is 0. The molecule has 15 heteroatoms. The van der Waals surface area contributed by atoms with Crippen molar-refractivity contribution in [3.05, 3.63) is 54.6 Å². The topological polar surface area (TPSA) is 195 Å². The lowest BCUT2D eigenvalue weighted by atomic mass is 10.0. The summed E-state index contributed by atoms with van der Waals surface area (Å²) in [5, 5.41) is 20.9. The van der Waals surface area contributed by atoms with Gasteiger partial charge in [0.15, 0.2) is 0 Å². The van der Waals surface area contributed by atoms with Gasteiger partial charge in [-0.25, -0.2) is 4.98 Å². The highest BCUT2D eigenvalue weighted by atomic mass is 16.3. The number of nitrogens with zero attached hydrogens (tertiary/aromatic N) is 4. The molecule has 2 saturated heterocycles. The molecule has 2 fully saturated rings. The first kappa shape index (κ1) is 34.1. The Morgan fingerprint density at radius 1 is 1.00 bits per heavy atom. The molecule has 2 aromatic rings. The molecule has 0 saturated carbocycles. The van der Waals surface area contributed by atoms with Gasteiger partial charge in [0.05, 0.1) is 19.5 Å². The molecule has 0 aliphatic carbocycles. The van der Waals surface area contributed by atoms with Crippen LogP contribution in [0, 0.1) is 5.92 Å². The van der Waals surface area contributed by atoms with Gasteiger partial charge in [0.2, 0.25) is 35.4 Å². The molecule has 4 rings (SSSR count). The Hall–Kier alpha value is -4.79. The number of aromatic nitrogens is 2. The van der Waals surface area contributed by atoms with Crippen LogP contribution in [0.1, 0.15) is 32.3 Å². The second kappa shape index (κ2) is 15.5. The largest absolute Gasteiger partial charge is 0.394 e. The van der Waals surface area contributed by atoms with E-state index in [0.717, 1.165) is 10.5 Å². The third kappa shape index (κ3) is 8.90. The van der Waals surface area contributed by atoms with Crippen molar-refractivity contribution in [2.24, 2.45) is 5.92 Å². The van der Waals surface area contributed by atoms with Crippen LogP contribution >= 0.6 is 0 Å². The summed E-state index contributed by atoms with van der Waals surface area (Å²) in [6.07, 6.45) is 5.04. The summed E-state index contributed by atoms with van der Waals surface area (Å²) in [6.45, 7) is 2.52. The SMILES string of the molecule is CC(C)C[C@@H]1NC(=O)CN(C)C(=O)[C@H](CO)NC(=O)[C@@H]2C[C@H](NC(=O)Cn3ccnc3)CN2C(=O)[C@H](Cc2ccccc2)NC1=O. The number of rotatable bonds is 8. The molecule has 0 unspecified atom stereocenters. The average molecular weight is 639 g/mol. The van der Waals surface area contributed by atoms with Gasteiger partial charge in [-0.1, -0.05) is 44.2 Å². The Balaban J connectivity index is 1.69. The predicted molar refractivity (Wildman–Crippen MR) is 164 cm³/mol. The number of benzene rings is 1. The minimum Gasteiger partial charge on any atom is -0.394 e. The lowest BCUT2D eigenvalue weighted by Gasteiger charge is -2.30. The fourth-order valence-electron chi connectivity index (χ4n) is 5.73. The van der Waals surface area contributed by atoms with Crippen LogP contribution in [-0.2, 0) is 41.7 Å². The zero-order valence-corrected chi connectivity index (χ0v) is 26.2. The van der Waals surface area contributed by atoms with Crippen molar-refractivity contribution in [2.45, 2.75) is 69.9 Å². The van der Waals surface area contributed by atoms with Crippen LogP contribution in [0.5, 0.6) is 0 Å². The van der Waals surface area contributed by atoms with Crippen LogP contribution in [-0.4, -0.2) is 117 Å². The normalized spacial score (nSPS) is 24.9. The standard InChI is InChI=1S/C31H42N8O7/c1-19(2)11-22-28(43)35-23(12-20-7-5-4-6-8-20)31(46)39-14-21(33-27(42)16-38-10-9-32-18-38)13-25(39)29(44)36-24(17-40)30(45)37(3)15-26(41)34-22/h4-10,18-19,21-25,40H,11-17H2,1-3H3,(H,33,42)(H,34,41)(H,35,43)(H,36,44)/t21-,22-,23-,24-,25-/m0/s1. The molecule has 0 spiro atoms. The highest BCUT2D eigenvalue weighted by molar-refractivity contribution is 5.97. The van der Waals surface area contributed by atoms with E-state index in [4.69, 9.17) is 0 Å². The lowest BCUT2D eigenvalue weighted by Crippen LogP contribution is -2.58. The van der Waals surface area contributed by atoms with Gasteiger partial charge in [0.1, 0.15) is 30.7 Å². The number of hydrogen-bond acceptors (Lipinski definition) is 8. The predicted octanol–water partition coefficient (Wildman–Crippen LogP) is -1.82. The zero-order valence-electron chi connectivity index (χ0n) is 26.2. The van der Waals surface area contributed by atoms with Crippen molar-refractivity contribution in [3.8, 4) is 0 Å². The van der Waals surface area contributed by atoms with E-state index in [0.29, 0.717) is 0 Å². The molecule has 248 valence electrons. The molecule has 0 bridgehead atoms. The third-order valence-corrected chi connectivity index (χ3v) is 7.95. The van der Waals surface area contributed by atoms with E-state index in [1.165, 1.54) is 24.5 Å². The number of aliphatic hydroxyl groups is 1. The Morgan fingerprint density at radius 2 is 1.72 bits per heavy atom. The van der Waals surface area contributed by atoms with Crippen LogP contribution in [0.3, 0.4) is 0 Å². The van der Waals surface area contributed by atoms with Crippen molar-refractivity contribution in [1.29, 1.82) is 0 Å². The molecule has 0 radical (unpaired) electrons. The Morgan fingerprint density at radius 3 is 2.37 bits per heavy atom. The molecule has 5 N–H and O–H groups in total. The highest BCUT2D eigenvalue weighted by Crippen LogP contribution is 2.22. The Bertz CT molecular complexity index is 1400. The lowest BCUT2D eigenvalue weighted by molar-refractivity contribution is -0.143. The Kier molecular flexibility index (Phi) is 11.5. The number of carbonyl (C=O) groups excluding carboxylic acids is 6. The van der Waals surface area contributed by atoms with Crippen molar-refractivity contribution in [2.75, 3.05) is 26.7 Å². The van der Waals surface area contributed by atoms with Gasteiger partial charge in [-0.2, -0.15) is 0 Å². The van der Waals surface area contributed by atoms with Gasteiger partial charge in [0.25, 0.3) is 0 Å². The fraction of sp³-hybridized carbons (Fsp3) is 0.516. The van der Waals surface area contributed by atoms with Crippen LogP contribution in [0.2, 0.25) is 0 Å². The minimum atomic E-state index is -1.39. The third-order valence-electron chi connectivity index (χ3n) is 7.95. The first-order valence-corrected chi connectivity index (χ1v) is 15.3. The number of fused-ring (bicyclic) bond motifs is 1. The van der Waals surface area contributed by atoms with Gasteiger partial charge in [0, 0.05) is 38.4 Å². The molecule has 6 amide bonds. The quantitative estimate of drug-likeness (QED) is 0.223. The second-order valence-corrected chi connectivity index (χ2v) is 12.2. The molecular formula is C31H42N8O7. The number of aliphatic hydroxyl groups excluding tert-OH is 1. The molecule has 15 nitrogen and oxygen atoms in total. The van der Waals surface area contributed by atoms with E-state index in [1.807, 2.05) is 32.0 Å². The number of likely N-dealkylation sites (N-methyl/N-ethyl adjacent to an activating group) is 1. The Labute approximate surface area is 267 Å². The average Bonchev–Trinajstić information content (AvgIpc) is 3.68. The van der Waals surface area contributed by atoms with E-state index in [1.54, 1.807) is 22.9 Å². The second-order valence-electron chi connectivity index (χ2n) is 12.2. The van der Waals surface area contributed by atoms with E-state index in [2.05, 4.69) is 26.3 Å². The number of nitrogens with one attached hydrogen (secondary N) is 4. The molecule has 2 aliphatic heterocycles. The van der Waals surface area contributed by atoms with Crippen LogP contribution in [0.25, 0.3) is 0 Å². The van der Waals surface area contributed by atoms with E-state index < -0.39 is 72.9 Å². The van der Waals surface area contributed by atoms with Gasteiger partial charge < -0.3 is 40.7 Å². The summed E-state index contributed by atoms with van der Waals surface area (Å²) in [5.74, 6) is -3.58. The van der Waals surface area contributed by atoms with Crippen molar-refractivity contribution in [3.63, 3.8) is 0 Å². The van der Waals surface area contributed by atoms with Crippen LogP contribution in [0.15, 0.2) is 49.1 Å². The minimum absolute atomic E-state index is 0.00369. The highest BCUT2D eigenvalue weighted by Gasteiger charge is 2.44.